The minimum absolute atomic E-state index is 0.716. The zero-order chi connectivity index (χ0) is 14.6. The minimum Gasteiger partial charge on any atom is -0.492 e. The highest BCUT2D eigenvalue weighted by Crippen LogP contribution is 2.13. The maximum atomic E-state index is 5.80. The van der Waals surface area contributed by atoms with Crippen molar-refractivity contribution < 1.29 is 9.47 Å². The SMILES string of the molecule is CCNCc1cccc(OCCN(C)CCCOC)c1. The van der Waals surface area contributed by atoms with Gasteiger partial charge >= 0.3 is 0 Å². The van der Waals surface area contributed by atoms with Crippen molar-refractivity contribution >= 4 is 0 Å². The molecule has 0 saturated carbocycles. The molecule has 0 amide bonds. The van der Waals surface area contributed by atoms with E-state index in [1.807, 2.05) is 12.1 Å². The summed E-state index contributed by atoms with van der Waals surface area (Å²) in [5, 5.41) is 3.32. The first-order valence-corrected chi connectivity index (χ1v) is 7.36. The molecule has 20 heavy (non-hydrogen) atoms. The van der Waals surface area contributed by atoms with Crippen molar-refractivity contribution in [1.29, 1.82) is 0 Å². The van der Waals surface area contributed by atoms with Crippen molar-refractivity contribution in [2.45, 2.75) is 19.9 Å². The molecule has 4 nitrogen and oxygen atoms in total. The van der Waals surface area contributed by atoms with Crippen LogP contribution in [-0.4, -0.2) is 51.9 Å². The zero-order valence-electron chi connectivity index (χ0n) is 13.0. The molecule has 0 aromatic heterocycles. The summed E-state index contributed by atoms with van der Waals surface area (Å²) in [5.41, 5.74) is 1.26. The van der Waals surface area contributed by atoms with Gasteiger partial charge in [-0.2, -0.15) is 0 Å². The summed E-state index contributed by atoms with van der Waals surface area (Å²) in [6.45, 7) is 7.49. The maximum Gasteiger partial charge on any atom is 0.119 e. The van der Waals surface area contributed by atoms with E-state index in [1.54, 1.807) is 7.11 Å². The number of likely N-dealkylation sites (N-methyl/N-ethyl adjacent to an activating group) is 1. The highest BCUT2D eigenvalue weighted by molar-refractivity contribution is 5.28. The van der Waals surface area contributed by atoms with Gasteiger partial charge in [-0.15, -0.1) is 0 Å². The van der Waals surface area contributed by atoms with Gasteiger partial charge < -0.3 is 19.7 Å². The van der Waals surface area contributed by atoms with E-state index in [9.17, 15) is 0 Å². The number of ether oxygens (including phenoxy) is 2. The number of hydrogen-bond donors (Lipinski definition) is 1. The van der Waals surface area contributed by atoms with Crippen LogP contribution in [0.2, 0.25) is 0 Å². The van der Waals surface area contributed by atoms with E-state index >= 15 is 0 Å². The van der Waals surface area contributed by atoms with Crippen LogP contribution in [0.3, 0.4) is 0 Å². The Labute approximate surface area is 123 Å². The lowest BCUT2D eigenvalue weighted by atomic mass is 10.2. The molecule has 1 aromatic rings. The number of nitrogens with zero attached hydrogens (tertiary/aromatic N) is 1. The van der Waals surface area contributed by atoms with Crippen LogP contribution in [0.1, 0.15) is 18.9 Å². The normalized spacial score (nSPS) is 11.0. The summed E-state index contributed by atoms with van der Waals surface area (Å²) in [6, 6.07) is 8.28. The van der Waals surface area contributed by atoms with Crippen LogP contribution in [0.15, 0.2) is 24.3 Å². The molecule has 1 aromatic carbocycles. The molecule has 0 atom stereocenters. The molecule has 4 heteroatoms. The Morgan fingerprint density at radius 2 is 2.05 bits per heavy atom. The lowest BCUT2D eigenvalue weighted by molar-refractivity contribution is 0.172. The molecule has 0 saturated heterocycles. The van der Waals surface area contributed by atoms with Crippen molar-refractivity contribution in [3.05, 3.63) is 29.8 Å². The Balaban J connectivity index is 2.23. The highest BCUT2D eigenvalue weighted by Gasteiger charge is 2.00. The summed E-state index contributed by atoms with van der Waals surface area (Å²) in [7, 11) is 3.85. The van der Waals surface area contributed by atoms with Gasteiger partial charge in [0.2, 0.25) is 0 Å². The second-order valence-corrected chi connectivity index (χ2v) is 4.93. The Kier molecular flexibility index (Phi) is 9.04. The topological polar surface area (TPSA) is 33.7 Å². The van der Waals surface area contributed by atoms with E-state index in [2.05, 4.69) is 36.3 Å². The number of nitrogens with one attached hydrogen (secondary N) is 1. The van der Waals surface area contributed by atoms with Crippen LogP contribution in [-0.2, 0) is 11.3 Å². The van der Waals surface area contributed by atoms with Gasteiger partial charge in [-0.05, 0) is 37.7 Å². The first kappa shape index (κ1) is 17.0. The molecule has 114 valence electrons. The van der Waals surface area contributed by atoms with E-state index in [4.69, 9.17) is 9.47 Å². The van der Waals surface area contributed by atoms with Crippen LogP contribution in [0, 0.1) is 0 Å². The molecular formula is C16H28N2O2. The second-order valence-electron chi connectivity index (χ2n) is 4.93. The van der Waals surface area contributed by atoms with E-state index in [1.165, 1.54) is 5.56 Å². The van der Waals surface area contributed by atoms with Crippen molar-refractivity contribution in [2.75, 3.05) is 47.0 Å². The van der Waals surface area contributed by atoms with Crippen LogP contribution in [0.25, 0.3) is 0 Å². The Hall–Kier alpha value is -1.10. The summed E-state index contributed by atoms with van der Waals surface area (Å²) in [4.78, 5) is 2.27. The average Bonchev–Trinajstić information content (AvgIpc) is 2.46. The van der Waals surface area contributed by atoms with Gasteiger partial charge in [0.05, 0.1) is 0 Å². The summed E-state index contributed by atoms with van der Waals surface area (Å²) < 4.78 is 10.9. The molecule has 0 radical (unpaired) electrons. The molecule has 0 bridgehead atoms. The fourth-order valence-electron chi connectivity index (χ4n) is 1.92. The monoisotopic (exact) mass is 280 g/mol. The lowest BCUT2D eigenvalue weighted by Gasteiger charge is -2.16. The van der Waals surface area contributed by atoms with Crippen LogP contribution in [0.4, 0.5) is 0 Å². The molecule has 0 aliphatic carbocycles. The predicted octanol–water partition coefficient (Wildman–Crippen LogP) is 2.14. The van der Waals surface area contributed by atoms with Crippen molar-refractivity contribution in [1.82, 2.24) is 10.2 Å². The van der Waals surface area contributed by atoms with Gasteiger partial charge in [-0.3, -0.25) is 0 Å². The van der Waals surface area contributed by atoms with Gasteiger partial charge in [0, 0.05) is 33.4 Å². The molecule has 0 unspecified atom stereocenters. The van der Waals surface area contributed by atoms with Gasteiger partial charge in [0.25, 0.3) is 0 Å². The van der Waals surface area contributed by atoms with E-state index in [-0.39, 0.29) is 0 Å². The van der Waals surface area contributed by atoms with Gasteiger partial charge in [-0.25, -0.2) is 0 Å². The third-order valence-corrected chi connectivity index (χ3v) is 3.11. The van der Waals surface area contributed by atoms with E-state index in [0.717, 1.165) is 45.0 Å². The molecule has 0 spiro atoms. The zero-order valence-corrected chi connectivity index (χ0v) is 13.0. The first-order chi connectivity index (χ1) is 9.76. The second kappa shape index (κ2) is 10.7. The maximum absolute atomic E-state index is 5.80. The molecule has 1 rings (SSSR count). The smallest absolute Gasteiger partial charge is 0.119 e. The van der Waals surface area contributed by atoms with Crippen molar-refractivity contribution in [3.8, 4) is 5.75 Å². The molecule has 0 heterocycles. The molecule has 0 fully saturated rings. The van der Waals surface area contributed by atoms with Gasteiger partial charge in [-0.1, -0.05) is 19.1 Å². The Bertz CT molecular complexity index is 358. The fraction of sp³-hybridized carbons (Fsp3) is 0.625. The minimum atomic E-state index is 0.716. The van der Waals surface area contributed by atoms with Gasteiger partial charge in [0.15, 0.2) is 0 Å². The third-order valence-electron chi connectivity index (χ3n) is 3.11. The molecule has 0 aliphatic heterocycles. The van der Waals surface area contributed by atoms with Crippen LogP contribution < -0.4 is 10.1 Å². The van der Waals surface area contributed by atoms with E-state index < -0.39 is 0 Å². The van der Waals surface area contributed by atoms with Crippen molar-refractivity contribution in [3.63, 3.8) is 0 Å². The Morgan fingerprint density at radius 1 is 1.20 bits per heavy atom. The number of hydrogen-bond acceptors (Lipinski definition) is 4. The van der Waals surface area contributed by atoms with E-state index in [0.29, 0.717) is 6.61 Å². The van der Waals surface area contributed by atoms with Crippen LogP contribution >= 0.6 is 0 Å². The lowest BCUT2D eigenvalue weighted by Crippen LogP contribution is -2.26. The quantitative estimate of drug-likeness (QED) is 0.630. The summed E-state index contributed by atoms with van der Waals surface area (Å²) in [5.74, 6) is 0.950. The summed E-state index contributed by atoms with van der Waals surface area (Å²) >= 11 is 0. The number of benzene rings is 1. The van der Waals surface area contributed by atoms with Crippen molar-refractivity contribution in [2.24, 2.45) is 0 Å². The Morgan fingerprint density at radius 3 is 2.80 bits per heavy atom. The van der Waals surface area contributed by atoms with Crippen LogP contribution in [0.5, 0.6) is 5.75 Å². The highest BCUT2D eigenvalue weighted by atomic mass is 16.5. The largest absolute Gasteiger partial charge is 0.492 e. The number of rotatable bonds is 11. The molecular weight excluding hydrogens is 252 g/mol. The third kappa shape index (κ3) is 7.48. The molecule has 1 N–H and O–H groups in total. The standard InChI is InChI=1S/C16H28N2O2/c1-4-17-14-15-7-5-8-16(13-15)20-12-10-18(2)9-6-11-19-3/h5,7-8,13,17H,4,6,9-12,14H2,1-3H3. The van der Waals surface area contributed by atoms with Gasteiger partial charge in [0.1, 0.15) is 12.4 Å². The number of methoxy groups -OCH3 is 1. The first-order valence-electron chi connectivity index (χ1n) is 7.36. The predicted molar refractivity (Wildman–Crippen MR) is 83.3 cm³/mol. The fourth-order valence-corrected chi connectivity index (χ4v) is 1.92. The summed E-state index contributed by atoms with van der Waals surface area (Å²) in [6.07, 6.45) is 1.06. The molecule has 0 aliphatic rings. The average molecular weight is 280 g/mol.